The first-order chi connectivity index (χ1) is 14.7. The highest BCUT2D eigenvalue weighted by atomic mass is 35.5. The number of halogens is 1. The normalized spacial score (nSPS) is 11.2. The predicted octanol–water partition coefficient (Wildman–Crippen LogP) is 5.35. The van der Waals surface area contributed by atoms with Crippen LogP contribution < -0.4 is 9.62 Å². The van der Waals surface area contributed by atoms with Crippen LogP contribution in [0.25, 0.3) is 0 Å². The average Bonchev–Trinajstić information content (AvgIpc) is 2.75. The lowest BCUT2D eigenvalue weighted by Crippen LogP contribution is -2.38. The zero-order chi connectivity index (χ0) is 22.6. The lowest BCUT2D eigenvalue weighted by atomic mass is 10.1. The Morgan fingerprint density at radius 1 is 1.00 bits per heavy atom. The van der Waals surface area contributed by atoms with Crippen molar-refractivity contribution in [1.29, 1.82) is 0 Å². The lowest BCUT2D eigenvalue weighted by molar-refractivity contribution is -0.114. The van der Waals surface area contributed by atoms with E-state index in [2.05, 4.69) is 5.32 Å². The summed E-state index contributed by atoms with van der Waals surface area (Å²) >= 11 is 6.05. The van der Waals surface area contributed by atoms with E-state index in [-0.39, 0.29) is 11.4 Å². The third-order valence-electron chi connectivity index (χ3n) is 5.01. The Morgan fingerprint density at radius 3 is 2.35 bits per heavy atom. The summed E-state index contributed by atoms with van der Waals surface area (Å²) in [4.78, 5) is 13.1. The van der Waals surface area contributed by atoms with Crippen LogP contribution in [0.3, 0.4) is 0 Å². The molecule has 162 valence electrons. The molecule has 0 atom stereocenters. The van der Waals surface area contributed by atoms with Gasteiger partial charge < -0.3 is 5.32 Å². The maximum atomic E-state index is 13.5. The van der Waals surface area contributed by atoms with E-state index in [1.54, 1.807) is 54.6 Å². The number of hydrogen-bond acceptors (Lipinski definition) is 3. The number of sulfonamides is 1. The van der Waals surface area contributed by atoms with Crippen LogP contribution in [0.5, 0.6) is 0 Å². The smallest absolute Gasteiger partial charge is 0.264 e. The van der Waals surface area contributed by atoms with Crippen LogP contribution in [0, 0.1) is 13.8 Å². The number of rotatable bonds is 7. The van der Waals surface area contributed by atoms with E-state index in [1.165, 1.54) is 4.31 Å². The van der Waals surface area contributed by atoms with Gasteiger partial charge in [-0.05, 0) is 61.7 Å². The Morgan fingerprint density at radius 2 is 1.68 bits per heavy atom. The van der Waals surface area contributed by atoms with Gasteiger partial charge in [-0.25, -0.2) is 8.42 Å². The molecule has 3 aromatic carbocycles. The molecule has 0 aliphatic heterocycles. The van der Waals surface area contributed by atoms with E-state index in [9.17, 15) is 13.2 Å². The molecule has 7 heteroatoms. The summed E-state index contributed by atoms with van der Waals surface area (Å²) in [6.45, 7) is 5.32. The molecular weight excluding hydrogens is 432 g/mol. The Balaban J connectivity index is 2.01. The van der Waals surface area contributed by atoms with E-state index in [4.69, 9.17) is 11.6 Å². The van der Waals surface area contributed by atoms with E-state index >= 15 is 0 Å². The zero-order valence-electron chi connectivity index (χ0n) is 17.7. The second kappa shape index (κ2) is 9.54. The van der Waals surface area contributed by atoms with Gasteiger partial charge in [0, 0.05) is 10.7 Å². The van der Waals surface area contributed by atoms with Crippen LogP contribution in [-0.4, -0.2) is 20.9 Å². The molecule has 0 unspecified atom stereocenters. The van der Waals surface area contributed by atoms with Gasteiger partial charge in [-0.15, -0.1) is 0 Å². The van der Waals surface area contributed by atoms with Crippen LogP contribution in [-0.2, 0) is 21.2 Å². The first kappa shape index (κ1) is 22.8. The molecule has 0 spiro atoms. The third-order valence-corrected chi connectivity index (χ3v) is 7.02. The molecule has 0 bridgehead atoms. The van der Waals surface area contributed by atoms with Crippen molar-refractivity contribution in [3.63, 3.8) is 0 Å². The molecule has 0 radical (unpaired) electrons. The predicted molar refractivity (Wildman–Crippen MR) is 126 cm³/mol. The van der Waals surface area contributed by atoms with Crippen molar-refractivity contribution in [2.24, 2.45) is 0 Å². The topological polar surface area (TPSA) is 66.5 Å². The van der Waals surface area contributed by atoms with Crippen LogP contribution in [0.4, 0.5) is 11.4 Å². The molecule has 3 aromatic rings. The molecule has 0 fully saturated rings. The van der Waals surface area contributed by atoms with E-state index < -0.39 is 15.9 Å². The molecule has 0 aliphatic carbocycles. The Labute approximate surface area is 188 Å². The first-order valence-corrected chi connectivity index (χ1v) is 11.8. The zero-order valence-corrected chi connectivity index (χ0v) is 19.3. The van der Waals surface area contributed by atoms with Crippen molar-refractivity contribution in [3.05, 3.63) is 88.4 Å². The monoisotopic (exact) mass is 456 g/mol. The fourth-order valence-electron chi connectivity index (χ4n) is 3.24. The minimum Gasteiger partial charge on any atom is -0.324 e. The summed E-state index contributed by atoms with van der Waals surface area (Å²) in [5.41, 5.74) is 3.66. The van der Waals surface area contributed by atoms with Crippen molar-refractivity contribution in [1.82, 2.24) is 0 Å². The van der Waals surface area contributed by atoms with Crippen LogP contribution >= 0.6 is 11.6 Å². The molecule has 3 rings (SSSR count). The number of amides is 1. The average molecular weight is 457 g/mol. The molecule has 0 aromatic heterocycles. The highest BCUT2D eigenvalue weighted by Crippen LogP contribution is 2.28. The third kappa shape index (κ3) is 5.27. The number of nitrogens with zero attached hydrogens (tertiary/aromatic N) is 1. The number of nitrogens with one attached hydrogen (secondary N) is 1. The molecule has 5 nitrogen and oxygen atoms in total. The number of carbonyl (C=O) groups is 1. The quantitative estimate of drug-likeness (QED) is 0.520. The maximum Gasteiger partial charge on any atom is 0.264 e. The number of hydrogen-bond donors (Lipinski definition) is 1. The molecule has 31 heavy (non-hydrogen) atoms. The standard InChI is InChI=1S/C24H25ClN2O3S/c1-4-19-7-5-6-8-23(19)27(31(29,30)21-13-9-17(2)10-14-21)16-24(28)26-22-15-20(25)12-11-18(22)3/h5-15H,4,16H2,1-3H3,(H,26,28). The number of benzene rings is 3. The van der Waals surface area contributed by atoms with Gasteiger partial charge in [-0.1, -0.05) is 60.5 Å². The molecule has 0 heterocycles. The second-order valence-corrected chi connectivity index (χ2v) is 9.61. The number of carbonyl (C=O) groups excluding carboxylic acids is 1. The number of para-hydroxylation sites is 1. The lowest BCUT2D eigenvalue weighted by Gasteiger charge is -2.26. The maximum absolute atomic E-state index is 13.5. The number of aryl methyl sites for hydroxylation is 3. The van der Waals surface area contributed by atoms with Gasteiger partial charge in [-0.3, -0.25) is 9.10 Å². The van der Waals surface area contributed by atoms with Crippen molar-refractivity contribution >= 4 is 38.9 Å². The summed E-state index contributed by atoms with van der Waals surface area (Å²) < 4.78 is 28.3. The van der Waals surface area contributed by atoms with Crippen LogP contribution in [0.15, 0.2) is 71.6 Å². The Kier molecular flexibility index (Phi) is 7.03. The molecule has 0 saturated heterocycles. The van der Waals surface area contributed by atoms with Gasteiger partial charge in [0.2, 0.25) is 5.91 Å². The van der Waals surface area contributed by atoms with Crippen LogP contribution in [0.2, 0.25) is 5.02 Å². The fourth-order valence-corrected chi connectivity index (χ4v) is 4.87. The van der Waals surface area contributed by atoms with Crippen molar-refractivity contribution in [2.75, 3.05) is 16.2 Å². The van der Waals surface area contributed by atoms with E-state index in [0.29, 0.717) is 22.8 Å². The van der Waals surface area contributed by atoms with Crippen molar-refractivity contribution in [2.45, 2.75) is 32.1 Å². The van der Waals surface area contributed by atoms with Crippen molar-refractivity contribution in [3.8, 4) is 0 Å². The summed E-state index contributed by atoms with van der Waals surface area (Å²) in [7, 11) is -3.96. The van der Waals surface area contributed by atoms with Gasteiger partial charge in [0.1, 0.15) is 6.54 Å². The minimum atomic E-state index is -3.96. The van der Waals surface area contributed by atoms with Gasteiger partial charge in [0.15, 0.2) is 0 Å². The van der Waals surface area contributed by atoms with E-state index in [0.717, 1.165) is 16.7 Å². The second-order valence-electron chi connectivity index (χ2n) is 7.31. The van der Waals surface area contributed by atoms with Crippen molar-refractivity contribution < 1.29 is 13.2 Å². The minimum absolute atomic E-state index is 0.135. The summed E-state index contributed by atoms with van der Waals surface area (Å²) in [5.74, 6) is -0.452. The SMILES string of the molecule is CCc1ccccc1N(CC(=O)Nc1cc(Cl)ccc1C)S(=O)(=O)c1ccc(C)cc1. The highest BCUT2D eigenvalue weighted by Gasteiger charge is 2.28. The molecule has 0 saturated carbocycles. The van der Waals surface area contributed by atoms with Gasteiger partial charge in [-0.2, -0.15) is 0 Å². The fraction of sp³-hybridized carbons (Fsp3) is 0.208. The molecular formula is C24H25ClN2O3S. The highest BCUT2D eigenvalue weighted by molar-refractivity contribution is 7.92. The largest absolute Gasteiger partial charge is 0.324 e. The van der Waals surface area contributed by atoms with Crippen LogP contribution in [0.1, 0.15) is 23.6 Å². The molecule has 1 N–H and O–H groups in total. The summed E-state index contributed by atoms with van der Waals surface area (Å²) in [6, 6.07) is 19.0. The summed E-state index contributed by atoms with van der Waals surface area (Å²) in [5, 5.41) is 3.28. The summed E-state index contributed by atoms with van der Waals surface area (Å²) in [6.07, 6.45) is 0.630. The van der Waals surface area contributed by atoms with Gasteiger partial charge in [0.05, 0.1) is 10.6 Å². The number of anilines is 2. The van der Waals surface area contributed by atoms with Gasteiger partial charge >= 0.3 is 0 Å². The first-order valence-electron chi connectivity index (χ1n) is 9.95. The van der Waals surface area contributed by atoms with Gasteiger partial charge in [0.25, 0.3) is 10.0 Å². The Hall–Kier alpha value is -2.83. The molecule has 0 aliphatic rings. The Bertz CT molecular complexity index is 1190. The molecule has 1 amide bonds. The van der Waals surface area contributed by atoms with E-state index in [1.807, 2.05) is 32.9 Å².